The van der Waals surface area contributed by atoms with Crippen molar-refractivity contribution in [3.63, 3.8) is 0 Å². The lowest BCUT2D eigenvalue weighted by Crippen LogP contribution is -2.06. The number of methoxy groups -OCH3 is 2. The van der Waals surface area contributed by atoms with Gasteiger partial charge in [0.1, 0.15) is 0 Å². The summed E-state index contributed by atoms with van der Waals surface area (Å²) in [5.74, 6) is 0.516. The molecule has 0 spiro atoms. The Morgan fingerprint density at radius 1 is 1.08 bits per heavy atom. The van der Waals surface area contributed by atoms with Gasteiger partial charge in [0.2, 0.25) is 0 Å². The summed E-state index contributed by atoms with van der Waals surface area (Å²) in [6, 6.07) is 8.03. The van der Waals surface area contributed by atoms with E-state index in [2.05, 4.69) is 5.32 Å². The molecule has 0 saturated carbocycles. The van der Waals surface area contributed by atoms with E-state index in [1.54, 1.807) is 12.1 Å². The molecule has 0 atom stereocenters. The van der Waals surface area contributed by atoms with Crippen LogP contribution in [0.5, 0.6) is 11.5 Å². The number of ether oxygens (including phenoxy) is 2. The van der Waals surface area contributed by atoms with E-state index in [9.17, 15) is 18.0 Å². The van der Waals surface area contributed by atoms with Gasteiger partial charge in [0.15, 0.2) is 17.3 Å². The summed E-state index contributed by atoms with van der Waals surface area (Å²) in [5, 5.41) is 2.23. The van der Waals surface area contributed by atoms with Crippen LogP contribution in [-0.2, 0) is 6.18 Å². The van der Waals surface area contributed by atoms with Gasteiger partial charge < -0.3 is 14.8 Å². The number of hydrogen-bond acceptors (Lipinski definition) is 4. The van der Waals surface area contributed by atoms with E-state index >= 15 is 0 Å². The van der Waals surface area contributed by atoms with Crippen molar-refractivity contribution in [1.82, 2.24) is 0 Å². The summed E-state index contributed by atoms with van der Waals surface area (Å²) >= 11 is 5.56. The first-order valence-electron chi connectivity index (χ1n) is 7.32. The Morgan fingerprint density at radius 3 is 2.38 bits per heavy atom. The average Bonchev–Trinajstić information content (AvgIpc) is 2.61. The Hall–Kier alpha value is -2.67. The van der Waals surface area contributed by atoms with Gasteiger partial charge in [-0.2, -0.15) is 13.2 Å². The number of nitrogens with one attached hydrogen (secondary N) is 1. The standard InChI is InChI=1S/C18H15ClF3NO3/c1-25-16-6-3-11(9-17(16)26-2)15(24)7-8-23-12-4-5-14(19)13(10-12)18(20,21)22/h3-10,23H,1-2H3/b8-7-. The molecular formula is C18H15ClF3NO3. The van der Waals surface area contributed by atoms with Crippen LogP contribution in [0.25, 0.3) is 0 Å². The van der Waals surface area contributed by atoms with Crippen molar-refractivity contribution in [2.24, 2.45) is 0 Å². The summed E-state index contributed by atoms with van der Waals surface area (Å²) in [6.07, 6.45) is -2.11. The smallest absolute Gasteiger partial charge is 0.417 e. The fourth-order valence-corrected chi connectivity index (χ4v) is 2.36. The van der Waals surface area contributed by atoms with E-state index in [4.69, 9.17) is 21.1 Å². The van der Waals surface area contributed by atoms with Crippen molar-refractivity contribution in [1.29, 1.82) is 0 Å². The second-order valence-electron chi connectivity index (χ2n) is 5.10. The van der Waals surface area contributed by atoms with Crippen molar-refractivity contribution in [2.75, 3.05) is 19.5 Å². The lowest BCUT2D eigenvalue weighted by molar-refractivity contribution is -0.137. The largest absolute Gasteiger partial charge is 0.493 e. The molecule has 0 bridgehead atoms. The van der Waals surface area contributed by atoms with Crippen LogP contribution < -0.4 is 14.8 Å². The summed E-state index contributed by atoms with van der Waals surface area (Å²) < 4.78 is 48.7. The normalized spacial score (nSPS) is 11.5. The minimum absolute atomic E-state index is 0.151. The summed E-state index contributed by atoms with van der Waals surface area (Å²) in [7, 11) is 2.92. The third-order valence-corrected chi connectivity index (χ3v) is 3.75. The number of alkyl halides is 3. The van der Waals surface area contributed by atoms with E-state index in [0.717, 1.165) is 12.1 Å². The summed E-state index contributed by atoms with van der Waals surface area (Å²) in [6.45, 7) is 0. The van der Waals surface area contributed by atoms with Crippen LogP contribution in [0.15, 0.2) is 48.7 Å². The molecule has 0 saturated heterocycles. The van der Waals surface area contributed by atoms with Crippen LogP contribution in [0.1, 0.15) is 15.9 Å². The Morgan fingerprint density at radius 2 is 1.77 bits per heavy atom. The summed E-state index contributed by atoms with van der Waals surface area (Å²) in [5.41, 5.74) is -0.463. The second-order valence-corrected chi connectivity index (χ2v) is 5.51. The topological polar surface area (TPSA) is 47.6 Å². The molecule has 0 aromatic heterocycles. The van der Waals surface area contributed by atoms with E-state index in [1.165, 1.54) is 38.6 Å². The predicted molar refractivity (Wildman–Crippen MR) is 93.1 cm³/mol. The van der Waals surface area contributed by atoms with Gasteiger partial charge in [-0.15, -0.1) is 0 Å². The van der Waals surface area contributed by atoms with Gasteiger partial charge in [-0.05, 0) is 36.4 Å². The van der Waals surface area contributed by atoms with E-state index in [1.807, 2.05) is 0 Å². The molecule has 0 aliphatic rings. The number of halogens is 4. The zero-order valence-corrected chi connectivity index (χ0v) is 14.6. The fourth-order valence-electron chi connectivity index (χ4n) is 2.13. The number of carbonyl (C=O) groups excluding carboxylic acids is 1. The minimum atomic E-state index is -4.56. The molecule has 0 heterocycles. The highest BCUT2D eigenvalue weighted by atomic mass is 35.5. The lowest BCUT2D eigenvalue weighted by Gasteiger charge is -2.10. The van der Waals surface area contributed by atoms with Crippen molar-refractivity contribution in [3.8, 4) is 11.5 Å². The van der Waals surface area contributed by atoms with Gasteiger partial charge in [-0.1, -0.05) is 11.6 Å². The third kappa shape index (κ3) is 4.70. The number of rotatable bonds is 6. The fraction of sp³-hybridized carbons (Fsp3) is 0.167. The highest BCUT2D eigenvalue weighted by Gasteiger charge is 2.33. The number of anilines is 1. The number of allylic oxidation sites excluding steroid dienone is 1. The van der Waals surface area contributed by atoms with Gasteiger partial charge >= 0.3 is 6.18 Å². The quantitative estimate of drug-likeness (QED) is 0.549. The molecule has 0 amide bonds. The van der Waals surface area contributed by atoms with Gasteiger partial charge in [-0.25, -0.2) is 0 Å². The van der Waals surface area contributed by atoms with Crippen LogP contribution in [0, 0.1) is 0 Å². The van der Waals surface area contributed by atoms with Crippen LogP contribution in [0.4, 0.5) is 18.9 Å². The molecule has 2 aromatic rings. The molecule has 8 heteroatoms. The molecule has 4 nitrogen and oxygen atoms in total. The predicted octanol–water partition coefficient (Wildman–Crippen LogP) is 5.18. The van der Waals surface area contributed by atoms with Crippen molar-refractivity contribution in [3.05, 3.63) is 64.8 Å². The Kier molecular flexibility index (Phi) is 6.15. The first-order valence-corrected chi connectivity index (χ1v) is 7.70. The molecule has 2 aromatic carbocycles. The number of hydrogen-bond donors (Lipinski definition) is 1. The molecule has 138 valence electrons. The summed E-state index contributed by atoms with van der Waals surface area (Å²) in [4.78, 5) is 12.2. The molecule has 0 aliphatic heterocycles. The number of carbonyl (C=O) groups is 1. The van der Waals surface area contributed by atoms with Crippen LogP contribution in [0.3, 0.4) is 0 Å². The molecule has 1 N–H and O–H groups in total. The first kappa shape index (κ1) is 19.7. The molecular weight excluding hydrogens is 371 g/mol. The van der Waals surface area contributed by atoms with E-state index < -0.39 is 16.8 Å². The van der Waals surface area contributed by atoms with Crippen molar-refractivity contribution >= 4 is 23.1 Å². The Balaban J connectivity index is 2.12. The van der Waals surface area contributed by atoms with Crippen LogP contribution in [-0.4, -0.2) is 20.0 Å². The SMILES string of the molecule is COc1ccc(C(=O)/C=C\Nc2ccc(Cl)c(C(F)(F)F)c2)cc1OC. The zero-order chi connectivity index (χ0) is 19.3. The molecule has 2 rings (SSSR count). The zero-order valence-electron chi connectivity index (χ0n) is 13.9. The third-order valence-electron chi connectivity index (χ3n) is 3.42. The highest BCUT2D eigenvalue weighted by molar-refractivity contribution is 6.31. The van der Waals surface area contributed by atoms with Gasteiger partial charge in [0.05, 0.1) is 24.8 Å². The van der Waals surface area contributed by atoms with Gasteiger partial charge in [-0.3, -0.25) is 4.79 Å². The molecule has 0 radical (unpaired) electrons. The van der Waals surface area contributed by atoms with Crippen LogP contribution in [0.2, 0.25) is 5.02 Å². The van der Waals surface area contributed by atoms with E-state index in [-0.39, 0.29) is 11.5 Å². The Bertz CT molecular complexity index is 835. The monoisotopic (exact) mass is 385 g/mol. The van der Waals surface area contributed by atoms with Crippen molar-refractivity contribution in [2.45, 2.75) is 6.18 Å². The maximum absolute atomic E-state index is 12.8. The molecule has 0 unspecified atom stereocenters. The second kappa shape index (κ2) is 8.14. The Labute approximate surface area is 153 Å². The first-order chi connectivity index (χ1) is 12.3. The minimum Gasteiger partial charge on any atom is -0.493 e. The molecule has 26 heavy (non-hydrogen) atoms. The number of benzene rings is 2. The molecule has 0 fully saturated rings. The maximum atomic E-state index is 12.8. The highest BCUT2D eigenvalue weighted by Crippen LogP contribution is 2.36. The van der Waals surface area contributed by atoms with Crippen LogP contribution >= 0.6 is 11.6 Å². The van der Waals surface area contributed by atoms with Crippen molar-refractivity contribution < 1.29 is 27.4 Å². The maximum Gasteiger partial charge on any atom is 0.417 e. The molecule has 0 aliphatic carbocycles. The van der Waals surface area contributed by atoms with Gasteiger partial charge in [0.25, 0.3) is 0 Å². The van der Waals surface area contributed by atoms with Gasteiger partial charge in [0, 0.05) is 23.5 Å². The van der Waals surface area contributed by atoms with E-state index in [0.29, 0.717) is 17.1 Å². The average molecular weight is 386 g/mol. The lowest BCUT2D eigenvalue weighted by atomic mass is 10.1. The number of ketones is 1.